The predicted octanol–water partition coefficient (Wildman–Crippen LogP) is -1.53. The summed E-state index contributed by atoms with van der Waals surface area (Å²) in [5.74, 6) is -2.60. The van der Waals surface area contributed by atoms with Gasteiger partial charge in [0.25, 0.3) is 5.91 Å². The van der Waals surface area contributed by atoms with Crippen LogP contribution in [0.5, 0.6) is 0 Å². The lowest BCUT2D eigenvalue weighted by Crippen LogP contribution is -2.51. The van der Waals surface area contributed by atoms with Crippen molar-refractivity contribution in [3.05, 3.63) is 12.3 Å². The molecule has 0 aromatic carbocycles. The molecule has 7 heteroatoms. The summed E-state index contributed by atoms with van der Waals surface area (Å²) in [6, 6.07) is -1.09. The van der Waals surface area contributed by atoms with Gasteiger partial charge in [-0.3, -0.25) is 4.79 Å². The SMILES string of the molecule is O=C(O)C(O)N1C(=O)C=C[N]C1=O. The monoisotopic (exact) mass is 185 g/mol. The summed E-state index contributed by atoms with van der Waals surface area (Å²) in [6.45, 7) is 0. The van der Waals surface area contributed by atoms with E-state index in [1.54, 1.807) is 0 Å². The third-order valence-electron chi connectivity index (χ3n) is 1.31. The van der Waals surface area contributed by atoms with E-state index >= 15 is 0 Å². The molecule has 0 saturated carbocycles. The van der Waals surface area contributed by atoms with Crippen LogP contribution in [0.2, 0.25) is 0 Å². The quantitative estimate of drug-likeness (QED) is 0.542. The number of urea groups is 1. The standard InChI is InChI=1S/C6H5N2O5/c9-3-1-2-7-6(13)8(3)4(10)5(11)12/h1-2,4,10H,(H,11,12). The summed E-state index contributed by atoms with van der Waals surface area (Å²) in [6.07, 6.45) is -0.364. The molecule has 0 spiro atoms. The summed E-state index contributed by atoms with van der Waals surface area (Å²) in [7, 11) is 0. The number of carbonyl (C=O) groups excluding carboxylic acids is 2. The molecule has 0 fully saturated rings. The molecule has 1 radical (unpaired) electrons. The van der Waals surface area contributed by atoms with Crippen LogP contribution in [-0.4, -0.2) is 39.2 Å². The maximum Gasteiger partial charge on any atom is 0.354 e. The molecular formula is C6H5N2O5. The molecule has 1 aliphatic heterocycles. The first-order chi connectivity index (χ1) is 6.04. The number of amides is 3. The van der Waals surface area contributed by atoms with E-state index in [0.717, 1.165) is 12.3 Å². The topological polar surface area (TPSA) is 109 Å². The van der Waals surface area contributed by atoms with E-state index in [9.17, 15) is 14.4 Å². The molecule has 0 aliphatic carbocycles. The first-order valence-electron chi connectivity index (χ1n) is 3.19. The molecule has 0 aromatic heterocycles. The number of aliphatic carboxylic acids is 1. The van der Waals surface area contributed by atoms with Crippen LogP contribution in [0.1, 0.15) is 0 Å². The van der Waals surface area contributed by atoms with Gasteiger partial charge < -0.3 is 10.2 Å². The summed E-state index contributed by atoms with van der Waals surface area (Å²) < 4.78 is 0. The molecule has 1 heterocycles. The van der Waals surface area contributed by atoms with Crippen LogP contribution in [0.25, 0.3) is 0 Å². The number of nitrogens with zero attached hydrogens (tertiary/aromatic N) is 2. The molecule has 3 amide bonds. The highest BCUT2D eigenvalue weighted by atomic mass is 16.4. The molecule has 1 rings (SSSR count). The number of rotatable bonds is 2. The highest BCUT2D eigenvalue weighted by Crippen LogP contribution is 2.04. The van der Waals surface area contributed by atoms with Gasteiger partial charge in [-0.25, -0.2) is 19.8 Å². The largest absolute Gasteiger partial charge is 0.478 e. The Bertz CT molecular complexity index is 297. The van der Waals surface area contributed by atoms with Gasteiger partial charge in [-0.1, -0.05) is 0 Å². The number of carboxylic acid groups (broad SMARTS) is 1. The number of hydrogen-bond acceptors (Lipinski definition) is 4. The van der Waals surface area contributed by atoms with Gasteiger partial charge in [-0.2, -0.15) is 0 Å². The van der Waals surface area contributed by atoms with Crippen molar-refractivity contribution in [1.29, 1.82) is 0 Å². The second kappa shape index (κ2) is 3.23. The second-order valence-corrected chi connectivity index (χ2v) is 2.15. The average Bonchev–Trinajstić information content (AvgIpc) is 2.03. The van der Waals surface area contributed by atoms with E-state index in [0.29, 0.717) is 0 Å². The number of aliphatic hydroxyl groups excluding tert-OH is 1. The van der Waals surface area contributed by atoms with Crippen LogP contribution in [0, 0.1) is 0 Å². The first kappa shape index (κ1) is 9.20. The fourth-order valence-electron chi connectivity index (χ4n) is 0.737. The van der Waals surface area contributed by atoms with E-state index in [-0.39, 0.29) is 4.90 Å². The van der Waals surface area contributed by atoms with Crippen molar-refractivity contribution in [2.45, 2.75) is 6.23 Å². The van der Waals surface area contributed by atoms with Crippen molar-refractivity contribution in [2.75, 3.05) is 0 Å². The van der Waals surface area contributed by atoms with Crippen molar-refractivity contribution in [1.82, 2.24) is 10.2 Å². The number of aliphatic hydroxyl groups is 1. The Kier molecular flexibility index (Phi) is 2.29. The Labute approximate surface area is 72.3 Å². The molecule has 1 unspecified atom stereocenters. The normalized spacial score (nSPS) is 18.4. The third-order valence-corrected chi connectivity index (χ3v) is 1.31. The van der Waals surface area contributed by atoms with Gasteiger partial charge in [-0.05, 0) is 0 Å². The minimum atomic E-state index is -2.19. The zero-order valence-corrected chi connectivity index (χ0v) is 6.25. The predicted molar refractivity (Wildman–Crippen MR) is 37.2 cm³/mol. The van der Waals surface area contributed by atoms with Gasteiger partial charge >= 0.3 is 12.0 Å². The maximum absolute atomic E-state index is 10.9. The van der Waals surface area contributed by atoms with Crippen LogP contribution in [0.3, 0.4) is 0 Å². The number of hydrogen-bond donors (Lipinski definition) is 2. The van der Waals surface area contributed by atoms with Crippen molar-refractivity contribution in [3.8, 4) is 0 Å². The molecular weight excluding hydrogens is 180 g/mol. The van der Waals surface area contributed by atoms with E-state index in [1.807, 2.05) is 0 Å². The Morgan fingerprint density at radius 2 is 2.15 bits per heavy atom. The summed E-state index contributed by atoms with van der Waals surface area (Å²) in [5.41, 5.74) is 0. The second-order valence-electron chi connectivity index (χ2n) is 2.15. The van der Waals surface area contributed by atoms with E-state index in [4.69, 9.17) is 10.2 Å². The lowest BCUT2D eigenvalue weighted by Gasteiger charge is -2.22. The minimum Gasteiger partial charge on any atom is -0.478 e. The van der Waals surface area contributed by atoms with Gasteiger partial charge in [0.2, 0.25) is 6.23 Å². The molecule has 7 nitrogen and oxygen atoms in total. The van der Waals surface area contributed by atoms with Crippen LogP contribution in [0.15, 0.2) is 12.3 Å². The number of imide groups is 1. The van der Waals surface area contributed by atoms with Crippen LogP contribution >= 0.6 is 0 Å². The van der Waals surface area contributed by atoms with Crippen molar-refractivity contribution < 1.29 is 24.6 Å². The van der Waals surface area contributed by atoms with Gasteiger partial charge in [0.1, 0.15) is 0 Å². The Balaban J connectivity index is 2.89. The molecule has 0 bridgehead atoms. The molecule has 1 aliphatic rings. The molecule has 13 heavy (non-hydrogen) atoms. The van der Waals surface area contributed by atoms with Gasteiger partial charge in [0.15, 0.2) is 0 Å². The van der Waals surface area contributed by atoms with E-state index < -0.39 is 24.1 Å². The lowest BCUT2D eigenvalue weighted by molar-refractivity contribution is -0.159. The summed E-state index contributed by atoms with van der Waals surface area (Å²) >= 11 is 0. The van der Waals surface area contributed by atoms with E-state index in [1.165, 1.54) is 0 Å². The zero-order valence-electron chi connectivity index (χ0n) is 6.25. The molecule has 2 N–H and O–H groups in total. The van der Waals surface area contributed by atoms with Crippen molar-refractivity contribution in [3.63, 3.8) is 0 Å². The van der Waals surface area contributed by atoms with E-state index in [2.05, 4.69) is 5.32 Å². The van der Waals surface area contributed by atoms with Crippen LogP contribution in [-0.2, 0) is 9.59 Å². The van der Waals surface area contributed by atoms with Crippen molar-refractivity contribution in [2.24, 2.45) is 0 Å². The Morgan fingerprint density at radius 3 is 2.62 bits per heavy atom. The highest BCUT2D eigenvalue weighted by Gasteiger charge is 2.34. The zero-order chi connectivity index (χ0) is 10.0. The Hall–Kier alpha value is -1.89. The number of carboxylic acids is 1. The Morgan fingerprint density at radius 1 is 1.54 bits per heavy atom. The fraction of sp³-hybridized carbons (Fsp3) is 0.167. The minimum absolute atomic E-state index is 0.141. The van der Waals surface area contributed by atoms with Crippen LogP contribution in [0.4, 0.5) is 4.79 Å². The summed E-state index contributed by atoms with van der Waals surface area (Å²) in [4.78, 5) is 32.1. The number of carbonyl (C=O) groups is 3. The van der Waals surface area contributed by atoms with Crippen molar-refractivity contribution >= 4 is 17.9 Å². The lowest BCUT2D eigenvalue weighted by atomic mass is 10.4. The molecule has 69 valence electrons. The molecule has 0 saturated heterocycles. The van der Waals surface area contributed by atoms with Gasteiger partial charge in [0, 0.05) is 12.3 Å². The first-order valence-corrected chi connectivity index (χ1v) is 3.19. The third kappa shape index (κ3) is 1.64. The molecule has 1 atom stereocenters. The average molecular weight is 185 g/mol. The van der Waals surface area contributed by atoms with Gasteiger partial charge in [-0.15, -0.1) is 0 Å². The van der Waals surface area contributed by atoms with Crippen LogP contribution < -0.4 is 5.32 Å². The highest BCUT2D eigenvalue weighted by molar-refractivity contribution is 6.05. The smallest absolute Gasteiger partial charge is 0.354 e. The fourth-order valence-corrected chi connectivity index (χ4v) is 0.737. The summed E-state index contributed by atoms with van der Waals surface area (Å²) in [5, 5.41) is 20.3. The maximum atomic E-state index is 10.9. The van der Waals surface area contributed by atoms with Gasteiger partial charge in [0.05, 0.1) is 0 Å². The molecule has 0 aromatic rings.